The molecule has 1 aromatic heterocycles. The van der Waals surface area contributed by atoms with Crippen LogP contribution < -0.4 is 35.1 Å². The van der Waals surface area contributed by atoms with E-state index in [1.54, 1.807) is 12.5 Å². The summed E-state index contributed by atoms with van der Waals surface area (Å²) in [6.45, 7) is 0.683. The smallest absolute Gasteiger partial charge is 0.0921 e. The Hall–Kier alpha value is -0.610. The van der Waals surface area contributed by atoms with Gasteiger partial charge in [-0.25, -0.2) is 4.98 Å². The summed E-state index contributed by atoms with van der Waals surface area (Å²) in [5.74, 6) is 0. The van der Waals surface area contributed by atoms with Crippen LogP contribution in [0.5, 0.6) is 0 Å². The average molecular weight is 301 g/mol. The third-order valence-electron chi connectivity index (χ3n) is 0.969. The lowest BCUT2D eigenvalue weighted by Gasteiger charge is -2.36. The Morgan fingerprint density at radius 2 is 1.50 bits per heavy atom. The van der Waals surface area contributed by atoms with Crippen molar-refractivity contribution >= 4 is 15.6 Å². The number of aromatic nitrogens is 2. The molecule has 0 spiro atoms. The summed E-state index contributed by atoms with van der Waals surface area (Å²) >= 11 is 0. The molecule has 0 aromatic carbocycles. The van der Waals surface area contributed by atoms with Crippen LogP contribution in [0.2, 0.25) is 0 Å². The average Bonchev–Trinajstić information content (AvgIpc) is 2.50. The van der Waals surface area contributed by atoms with Crippen molar-refractivity contribution in [1.29, 1.82) is 0 Å². The molecule has 0 amide bonds. The number of hydrogen-bond donors (Lipinski definition) is 2. The predicted octanol–water partition coefficient (Wildman–Crippen LogP) is -5.74. The van der Waals surface area contributed by atoms with Crippen LogP contribution in [-0.4, -0.2) is 16.5 Å². The van der Waals surface area contributed by atoms with E-state index in [1.165, 1.54) is 0 Å². The topological polar surface area (TPSA) is 227 Å². The van der Waals surface area contributed by atoms with E-state index in [0.717, 1.165) is 12.1 Å². The number of H-pyrrole nitrogens is 1. The van der Waals surface area contributed by atoms with E-state index < -0.39 is 15.6 Å². The minimum Gasteiger partial charge on any atom is -0.822 e. The van der Waals surface area contributed by atoms with Crippen molar-refractivity contribution in [2.45, 2.75) is 6.42 Å². The third kappa shape index (κ3) is 36.1. The molecule has 0 aliphatic heterocycles. The zero-order valence-electron chi connectivity index (χ0n) is 8.75. The SMILES string of the molecule is NCCc1cnc[nH]1.O=P([O-])([O-])[O-].O=P([O-])([O-])[O-]. The van der Waals surface area contributed by atoms with Crippen LogP contribution in [0.3, 0.4) is 0 Å². The number of nitrogens with zero attached hydrogens (tertiary/aromatic N) is 1. The fraction of sp³-hybridized carbons (Fsp3) is 0.400. The lowest BCUT2D eigenvalue weighted by atomic mass is 10.3. The molecule has 0 aliphatic rings. The highest BCUT2D eigenvalue weighted by Gasteiger charge is 1.87. The summed E-state index contributed by atoms with van der Waals surface area (Å²) in [5.41, 5.74) is 6.38. The van der Waals surface area contributed by atoms with E-state index in [1.807, 2.05) is 0 Å². The van der Waals surface area contributed by atoms with Crippen molar-refractivity contribution in [2.75, 3.05) is 6.54 Å². The Morgan fingerprint density at radius 3 is 1.72 bits per heavy atom. The molecule has 0 bridgehead atoms. The zero-order chi connectivity index (χ0) is 14.8. The fourth-order valence-electron chi connectivity index (χ4n) is 0.577. The summed E-state index contributed by atoms with van der Waals surface area (Å²) in [4.78, 5) is 58.1. The molecule has 0 fully saturated rings. The highest BCUT2D eigenvalue weighted by molar-refractivity contribution is 7.40. The van der Waals surface area contributed by atoms with E-state index in [9.17, 15) is 0 Å². The number of phosphoric acid groups is 2. The molecule has 0 saturated carbocycles. The quantitative estimate of drug-likeness (QED) is 0.491. The highest BCUT2D eigenvalue weighted by atomic mass is 31.2. The van der Waals surface area contributed by atoms with Gasteiger partial charge in [-0.05, 0) is 6.54 Å². The van der Waals surface area contributed by atoms with Crippen LogP contribution in [0.4, 0.5) is 0 Å². The molecule has 18 heavy (non-hydrogen) atoms. The van der Waals surface area contributed by atoms with Gasteiger partial charge in [-0.3, -0.25) is 0 Å². The second-order valence-corrected chi connectivity index (χ2v) is 4.30. The summed E-state index contributed by atoms with van der Waals surface area (Å²) in [6.07, 6.45) is 4.33. The van der Waals surface area contributed by atoms with Crippen molar-refractivity contribution in [1.82, 2.24) is 9.97 Å². The summed E-state index contributed by atoms with van der Waals surface area (Å²) in [6, 6.07) is 0. The van der Waals surface area contributed by atoms with Gasteiger partial charge in [-0.15, -0.1) is 0 Å². The van der Waals surface area contributed by atoms with Crippen molar-refractivity contribution in [3.05, 3.63) is 18.2 Å². The van der Waals surface area contributed by atoms with Crippen LogP contribution in [0, 0.1) is 0 Å². The number of hydrogen-bond acceptors (Lipinski definition) is 10. The molecule has 0 aliphatic carbocycles. The maximum Gasteiger partial charge on any atom is 0.0921 e. The molecular weight excluding hydrogens is 292 g/mol. The number of nitrogens with one attached hydrogen (secondary N) is 1. The molecule has 3 N–H and O–H groups in total. The molecule has 1 rings (SSSR count). The summed E-state index contributed by atoms with van der Waals surface area (Å²) in [5, 5.41) is 0. The lowest BCUT2D eigenvalue weighted by molar-refractivity contribution is -0.434. The third-order valence-corrected chi connectivity index (χ3v) is 0.969. The molecule has 0 radical (unpaired) electrons. The van der Waals surface area contributed by atoms with Gasteiger partial charge in [0.25, 0.3) is 0 Å². The maximum atomic E-state index is 8.55. The Labute approximate surface area is 102 Å². The molecule has 1 heterocycles. The largest absolute Gasteiger partial charge is 0.822 e. The van der Waals surface area contributed by atoms with Gasteiger partial charge in [0.2, 0.25) is 0 Å². The van der Waals surface area contributed by atoms with E-state index in [-0.39, 0.29) is 0 Å². The van der Waals surface area contributed by atoms with Gasteiger partial charge in [0.15, 0.2) is 0 Å². The first-order valence-electron chi connectivity index (χ1n) is 4.07. The van der Waals surface area contributed by atoms with Gasteiger partial charge in [-0.1, -0.05) is 0 Å². The van der Waals surface area contributed by atoms with Gasteiger partial charge in [-0.2, -0.15) is 15.6 Å². The monoisotopic (exact) mass is 301 g/mol. The van der Waals surface area contributed by atoms with Crippen molar-refractivity contribution in [2.24, 2.45) is 5.73 Å². The first-order chi connectivity index (χ1) is 7.93. The summed E-state index contributed by atoms with van der Waals surface area (Å²) < 4.78 is 17.1. The Kier molecular flexibility index (Phi) is 10.2. The standard InChI is InChI=1S/C5H9N3.2H3O4P/c6-2-1-5-3-7-4-8-5;2*1-5(2,3)4/h3-4H,1-2,6H2,(H,7,8);2*(H3,1,2,3,4)/p-6. The Balaban J connectivity index is 0. The highest BCUT2D eigenvalue weighted by Crippen LogP contribution is 2.03. The molecule has 108 valence electrons. The van der Waals surface area contributed by atoms with Crippen LogP contribution in [0.25, 0.3) is 0 Å². The van der Waals surface area contributed by atoms with E-state index in [4.69, 9.17) is 44.2 Å². The Morgan fingerprint density at radius 1 is 1.11 bits per heavy atom. The van der Waals surface area contributed by atoms with Gasteiger partial charge in [0.05, 0.1) is 6.33 Å². The van der Waals surface area contributed by atoms with E-state index in [2.05, 4.69) is 9.97 Å². The molecule has 11 nitrogen and oxygen atoms in total. The molecule has 1 aromatic rings. The second kappa shape index (κ2) is 9.34. The van der Waals surface area contributed by atoms with Crippen LogP contribution in [-0.2, 0) is 15.6 Å². The maximum absolute atomic E-state index is 8.55. The van der Waals surface area contributed by atoms with E-state index >= 15 is 0 Å². The van der Waals surface area contributed by atoms with E-state index in [0.29, 0.717) is 6.54 Å². The number of imidazole rings is 1. The van der Waals surface area contributed by atoms with Crippen molar-refractivity contribution in [3.63, 3.8) is 0 Å². The molecular formula is C5H9N3O8P2-6. The number of nitrogens with two attached hydrogens (primary N) is 1. The van der Waals surface area contributed by atoms with Crippen molar-refractivity contribution < 1.29 is 38.5 Å². The summed E-state index contributed by atoms with van der Waals surface area (Å²) in [7, 11) is -10.8. The van der Waals surface area contributed by atoms with Crippen LogP contribution >= 0.6 is 15.6 Å². The lowest BCUT2D eigenvalue weighted by Crippen LogP contribution is -2.24. The molecule has 13 heteroatoms. The minimum atomic E-state index is -5.39. The number of rotatable bonds is 2. The molecule has 0 unspecified atom stereocenters. The molecule has 0 atom stereocenters. The van der Waals surface area contributed by atoms with Gasteiger partial charge >= 0.3 is 0 Å². The minimum absolute atomic E-state index is 0.683. The van der Waals surface area contributed by atoms with Crippen molar-refractivity contribution in [3.8, 4) is 0 Å². The zero-order valence-corrected chi connectivity index (χ0v) is 10.5. The predicted molar refractivity (Wildman–Crippen MR) is 46.6 cm³/mol. The van der Waals surface area contributed by atoms with Gasteiger partial charge in [0, 0.05) is 18.3 Å². The fourth-order valence-corrected chi connectivity index (χ4v) is 0.577. The second-order valence-electron chi connectivity index (χ2n) is 2.51. The van der Waals surface area contributed by atoms with Crippen LogP contribution in [0.15, 0.2) is 12.5 Å². The van der Waals surface area contributed by atoms with Crippen LogP contribution in [0.1, 0.15) is 5.69 Å². The number of aromatic amines is 1. The Bertz CT molecular complexity index is 347. The first-order valence-corrected chi connectivity index (χ1v) is 6.99. The van der Waals surface area contributed by atoms with Gasteiger partial charge < -0.3 is 49.2 Å². The normalized spacial score (nSPS) is 10.8. The first kappa shape index (κ1) is 19.7. The molecule has 0 saturated heterocycles. The van der Waals surface area contributed by atoms with Gasteiger partial charge in [0.1, 0.15) is 0 Å².